The first kappa shape index (κ1) is 13.8. The smallest absolute Gasteiger partial charge is 0.335 e. The Balaban J connectivity index is 1.99. The molecule has 0 aromatic heterocycles. The number of likely N-dealkylation sites (tertiary alicyclic amines) is 1. The first-order valence-electron chi connectivity index (χ1n) is 6.39. The molecule has 0 aliphatic carbocycles. The Morgan fingerprint density at radius 2 is 1.95 bits per heavy atom. The molecule has 1 aromatic rings. The van der Waals surface area contributed by atoms with Gasteiger partial charge in [0.1, 0.15) is 18.0 Å². The summed E-state index contributed by atoms with van der Waals surface area (Å²) in [5, 5.41) is 18.8. The molecule has 2 rings (SSSR count). The van der Waals surface area contributed by atoms with Crippen LogP contribution in [0.3, 0.4) is 0 Å². The molecule has 0 radical (unpaired) electrons. The van der Waals surface area contributed by atoms with Crippen LogP contribution in [-0.2, 0) is 0 Å². The molecular formula is C14H19NO4. The average molecular weight is 265 g/mol. The van der Waals surface area contributed by atoms with Crippen molar-refractivity contribution in [1.29, 1.82) is 0 Å². The summed E-state index contributed by atoms with van der Waals surface area (Å²) in [6.45, 7) is 5.45. The minimum Gasteiger partial charge on any atom is -0.486 e. The van der Waals surface area contributed by atoms with Crippen molar-refractivity contribution in [3.8, 4) is 5.75 Å². The molecule has 1 aliphatic heterocycles. The summed E-state index contributed by atoms with van der Waals surface area (Å²) in [6.07, 6.45) is -0.778. The molecule has 104 valence electrons. The fourth-order valence-electron chi connectivity index (χ4n) is 2.17. The fraction of sp³-hybridized carbons (Fsp3) is 0.500. The lowest BCUT2D eigenvalue weighted by Gasteiger charge is -2.20. The number of carbonyl (C=O) groups is 1. The van der Waals surface area contributed by atoms with Gasteiger partial charge in [-0.1, -0.05) is 0 Å². The molecule has 5 nitrogen and oxygen atoms in total. The number of ether oxygens (including phenoxy) is 1. The number of nitrogens with zero attached hydrogens (tertiary/aromatic N) is 1. The molecule has 0 spiro atoms. The first-order valence-corrected chi connectivity index (χ1v) is 6.39. The molecule has 1 fully saturated rings. The normalized spacial score (nSPS) is 23.8. The van der Waals surface area contributed by atoms with Gasteiger partial charge in [0, 0.05) is 19.1 Å². The summed E-state index contributed by atoms with van der Waals surface area (Å²) in [5.41, 5.74) is 0.225. The van der Waals surface area contributed by atoms with E-state index in [1.807, 2.05) is 0 Å². The van der Waals surface area contributed by atoms with Gasteiger partial charge in [0.15, 0.2) is 0 Å². The fourth-order valence-corrected chi connectivity index (χ4v) is 2.17. The molecule has 1 aromatic carbocycles. The van der Waals surface area contributed by atoms with Crippen molar-refractivity contribution in [1.82, 2.24) is 4.90 Å². The summed E-state index contributed by atoms with van der Waals surface area (Å²) < 4.78 is 5.72. The number of carboxylic acids is 1. The van der Waals surface area contributed by atoms with Gasteiger partial charge in [-0.05, 0) is 38.1 Å². The van der Waals surface area contributed by atoms with E-state index < -0.39 is 12.1 Å². The first-order chi connectivity index (χ1) is 8.97. The molecule has 1 aliphatic rings. The van der Waals surface area contributed by atoms with E-state index in [-0.39, 0.29) is 11.7 Å². The number of aliphatic hydroxyl groups is 1. The van der Waals surface area contributed by atoms with Crippen LogP contribution in [0.15, 0.2) is 24.3 Å². The summed E-state index contributed by atoms with van der Waals surface area (Å²) in [7, 11) is 0. The van der Waals surface area contributed by atoms with Crippen molar-refractivity contribution in [3.63, 3.8) is 0 Å². The Kier molecular flexibility index (Phi) is 4.07. The number of β-amino-alcohol motifs (C(OH)–C–C–N with tert-alkyl or cyclic N) is 1. The lowest BCUT2D eigenvalue weighted by Crippen LogP contribution is -2.31. The van der Waals surface area contributed by atoms with Crippen molar-refractivity contribution in [3.05, 3.63) is 29.8 Å². The van der Waals surface area contributed by atoms with Crippen LogP contribution in [0.2, 0.25) is 0 Å². The number of hydrogen-bond acceptors (Lipinski definition) is 4. The third-order valence-electron chi connectivity index (χ3n) is 3.38. The molecule has 5 heteroatoms. The summed E-state index contributed by atoms with van der Waals surface area (Å²) in [6, 6.07) is 6.61. The second kappa shape index (κ2) is 5.59. The average Bonchev–Trinajstić information content (AvgIpc) is 2.72. The lowest BCUT2D eigenvalue weighted by molar-refractivity contribution is 0.0693. The van der Waals surface area contributed by atoms with E-state index in [1.54, 1.807) is 12.1 Å². The van der Waals surface area contributed by atoms with E-state index in [1.165, 1.54) is 12.1 Å². The molecular weight excluding hydrogens is 246 g/mol. The molecule has 2 N–H and O–H groups in total. The second-order valence-electron chi connectivity index (χ2n) is 5.10. The molecule has 1 heterocycles. The van der Waals surface area contributed by atoms with Gasteiger partial charge in [-0.15, -0.1) is 0 Å². The quantitative estimate of drug-likeness (QED) is 0.856. The van der Waals surface area contributed by atoms with Gasteiger partial charge in [0.25, 0.3) is 0 Å². The van der Waals surface area contributed by atoms with Crippen LogP contribution in [-0.4, -0.2) is 52.4 Å². The van der Waals surface area contributed by atoms with E-state index >= 15 is 0 Å². The van der Waals surface area contributed by atoms with Gasteiger partial charge in [-0.2, -0.15) is 0 Å². The van der Waals surface area contributed by atoms with Crippen LogP contribution in [0.25, 0.3) is 0 Å². The van der Waals surface area contributed by atoms with E-state index in [2.05, 4.69) is 18.7 Å². The van der Waals surface area contributed by atoms with Gasteiger partial charge in [0.2, 0.25) is 0 Å². The van der Waals surface area contributed by atoms with Gasteiger partial charge in [0.05, 0.1) is 5.56 Å². The Hall–Kier alpha value is -1.59. The maximum Gasteiger partial charge on any atom is 0.335 e. The highest BCUT2D eigenvalue weighted by Crippen LogP contribution is 2.20. The van der Waals surface area contributed by atoms with E-state index in [0.29, 0.717) is 24.9 Å². The zero-order valence-electron chi connectivity index (χ0n) is 11.1. The zero-order chi connectivity index (χ0) is 14.0. The van der Waals surface area contributed by atoms with E-state index in [4.69, 9.17) is 9.84 Å². The lowest BCUT2D eigenvalue weighted by atomic mass is 10.2. The highest BCUT2D eigenvalue weighted by Gasteiger charge is 2.34. The number of aliphatic hydroxyl groups excluding tert-OH is 1. The minimum absolute atomic E-state index is 0.225. The summed E-state index contributed by atoms with van der Waals surface area (Å²) in [5.74, 6) is -0.377. The number of carboxylic acid groups (broad SMARTS) is 1. The molecule has 0 amide bonds. The standard InChI is InChI=1S/C14H19NO4/c1-9(2)15-7-12(16)13(8-15)19-11-5-3-10(4-6-11)14(17)18/h3-6,9,12-13,16H,7-8H2,1-2H3,(H,17,18)/t12-,13-/m1/s1. The van der Waals surface area contributed by atoms with E-state index in [0.717, 1.165) is 0 Å². The third-order valence-corrected chi connectivity index (χ3v) is 3.38. The van der Waals surface area contributed by atoms with Crippen LogP contribution >= 0.6 is 0 Å². The number of hydrogen-bond donors (Lipinski definition) is 2. The maximum atomic E-state index is 10.7. The third kappa shape index (κ3) is 3.24. The van der Waals surface area contributed by atoms with Crippen LogP contribution in [0, 0.1) is 0 Å². The highest BCUT2D eigenvalue weighted by atomic mass is 16.5. The Labute approximate surface area is 112 Å². The minimum atomic E-state index is -0.960. The maximum absolute atomic E-state index is 10.7. The van der Waals surface area contributed by atoms with Gasteiger partial charge < -0.3 is 14.9 Å². The Bertz CT molecular complexity index is 443. The Morgan fingerprint density at radius 1 is 1.32 bits per heavy atom. The van der Waals surface area contributed by atoms with Crippen LogP contribution in [0.4, 0.5) is 0 Å². The highest BCUT2D eigenvalue weighted by molar-refractivity contribution is 5.87. The molecule has 0 unspecified atom stereocenters. The van der Waals surface area contributed by atoms with Crippen LogP contribution in [0.5, 0.6) is 5.75 Å². The zero-order valence-corrected chi connectivity index (χ0v) is 11.1. The van der Waals surface area contributed by atoms with Gasteiger partial charge >= 0.3 is 5.97 Å². The van der Waals surface area contributed by atoms with Crippen molar-refractivity contribution >= 4 is 5.97 Å². The summed E-state index contributed by atoms with van der Waals surface area (Å²) >= 11 is 0. The largest absolute Gasteiger partial charge is 0.486 e. The van der Waals surface area contributed by atoms with Gasteiger partial charge in [-0.25, -0.2) is 4.79 Å². The summed E-state index contributed by atoms with van der Waals surface area (Å²) in [4.78, 5) is 12.9. The topological polar surface area (TPSA) is 70.0 Å². The molecule has 0 saturated carbocycles. The SMILES string of the molecule is CC(C)N1C[C@@H](O)[C@H](Oc2ccc(C(=O)O)cc2)C1. The molecule has 2 atom stereocenters. The number of rotatable bonds is 4. The monoisotopic (exact) mass is 265 g/mol. The van der Waals surface area contributed by atoms with Crippen molar-refractivity contribution in [2.24, 2.45) is 0 Å². The molecule has 1 saturated heterocycles. The Morgan fingerprint density at radius 3 is 2.42 bits per heavy atom. The van der Waals surface area contributed by atoms with Crippen molar-refractivity contribution in [2.45, 2.75) is 32.1 Å². The van der Waals surface area contributed by atoms with Crippen molar-refractivity contribution < 1.29 is 19.7 Å². The second-order valence-corrected chi connectivity index (χ2v) is 5.10. The van der Waals surface area contributed by atoms with Crippen LogP contribution in [0.1, 0.15) is 24.2 Å². The number of aromatic carboxylic acids is 1. The molecule has 0 bridgehead atoms. The predicted octanol–water partition coefficient (Wildman–Crippen LogP) is 1.22. The van der Waals surface area contributed by atoms with E-state index in [9.17, 15) is 9.90 Å². The van der Waals surface area contributed by atoms with Crippen LogP contribution < -0.4 is 4.74 Å². The predicted molar refractivity (Wildman–Crippen MR) is 70.5 cm³/mol. The van der Waals surface area contributed by atoms with Gasteiger partial charge in [-0.3, -0.25) is 4.90 Å². The van der Waals surface area contributed by atoms with Crippen molar-refractivity contribution in [2.75, 3.05) is 13.1 Å². The molecule has 19 heavy (non-hydrogen) atoms. The number of benzene rings is 1.